The van der Waals surface area contributed by atoms with E-state index in [1.165, 1.54) is 24.8 Å². The van der Waals surface area contributed by atoms with Crippen LogP contribution in [0.2, 0.25) is 0 Å². The van der Waals surface area contributed by atoms with E-state index in [1.54, 1.807) is 0 Å². The Morgan fingerprint density at radius 2 is 2.21 bits per heavy atom. The molecule has 1 amide bonds. The average Bonchev–Trinajstić information content (AvgIpc) is 2.49. The average molecular weight is 262 g/mol. The van der Waals surface area contributed by atoms with Gasteiger partial charge in [-0.2, -0.15) is 5.26 Å². The Morgan fingerprint density at radius 1 is 1.42 bits per heavy atom. The summed E-state index contributed by atoms with van der Waals surface area (Å²) in [6.07, 6.45) is 9.12. The minimum absolute atomic E-state index is 0.116. The number of amides is 1. The Bertz CT molecular complexity index is 389. The van der Waals surface area contributed by atoms with Crippen LogP contribution >= 0.6 is 0 Å². The van der Waals surface area contributed by atoms with Crippen molar-refractivity contribution in [2.24, 2.45) is 5.41 Å². The topological polar surface area (TPSA) is 62.1 Å². The molecular formula is C15H22N2O2. The van der Waals surface area contributed by atoms with Crippen LogP contribution in [0.15, 0.2) is 11.6 Å². The maximum atomic E-state index is 12.2. The fourth-order valence-electron chi connectivity index (χ4n) is 2.75. The fourth-order valence-corrected chi connectivity index (χ4v) is 2.75. The Kier molecular flexibility index (Phi) is 4.98. The first kappa shape index (κ1) is 14.1. The first-order chi connectivity index (χ1) is 9.27. The number of ether oxygens (including phenoxy) is 1. The summed E-state index contributed by atoms with van der Waals surface area (Å²) in [5, 5.41) is 12.2. The number of nitriles is 1. The van der Waals surface area contributed by atoms with Crippen molar-refractivity contribution in [1.29, 1.82) is 5.26 Å². The Balaban J connectivity index is 1.80. The van der Waals surface area contributed by atoms with Gasteiger partial charge in [-0.3, -0.25) is 4.79 Å². The number of nitrogens with one attached hydrogen (secondary N) is 1. The zero-order chi connectivity index (χ0) is 13.6. The third-order valence-corrected chi connectivity index (χ3v) is 4.11. The second-order valence-corrected chi connectivity index (χ2v) is 5.42. The third-order valence-electron chi connectivity index (χ3n) is 4.11. The number of nitrogens with zero attached hydrogens (tertiary/aromatic N) is 1. The van der Waals surface area contributed by atoms with Crippen LogP contribution < -0.4 is 5.32 Å². The maximum Gasteiger partial charge on any atom is 0.240 e. The second kappa shape index (κ2) is 6.72. The minimum Gasteiger partial charge on any atom is -0.381 e. The van der Waals surface area contributed by atoms with Gasteiger partial charge in [0.15, 0.2) is 0 Å². The van der Waals surface area contributed by atoms with Crippen molar-refractivity contribution in [2.75, 3.05) is 19.8 Å². The molecule has 0 radical (unpaired) electrons. The Hall–Kier alpha value is -1.34. The third kappa shape index (κ3) is 3.57. The number of hydrogen-bond donors (Lipinski definition) is 1. The van der Waals surface area contributed by atoms with Crippen molar-refractivity contribution < 1.29 is 9.53 Å². The van der Waals surface area contributed by atoms with E-state index in [-0.39, 0.29) is 5.91 Å². The molecule has 104 valence electrons. The number of carbonyl (C=O) groups excluding carboxylic acids is 1. The molecule has 0 spiro atoms. The molecule has 0 unspecified atom stereocenters. The summed E-state index contributed by atoms with van der Waals surface area (Å²) in [6, 6.07) is 2.20. The van der Waals surface area contributed by atoms with Crippen molar-refractivity contribution in [3.63, 3.8) is 0 Å². The second-order valence-electron chi connectivity index (χ2n) is 5.42. The van der Waals surface area contributed by atoms with Gasteiger partial charge >= 0.3 is 0 Å². The Morgan fingerprint density at radius 3 is 2.84 bits per heavy atom. The predicted molar refractivity (Wildman–Crippen MR) is 72.3 cm³/mol. The molecule has 1 N–H and O–H groups in total. The molecule has 0 atom stereocenters. The van der Waals surface area contributed by atoms with Crippen LogP contribution in [0.1, 0.15) is 44.9 Å². The molecule has 19 heavy (non-hydrogen) atoms. The van der Waals surface area contributed by atoms with Crippen LogP contribution in [0, 0.1) is 16.7 Å². The molecule has 4 nitrogen and oxygen atoms in total. The molecule has 1 heterocycles. The lowest BCUT2D eigenvalue weighted by atomic mass is 9.81. The summed E-state index contributed by atoms with van der Waals surface area (Å²) < 4.78 is 5.24. The van der Waals surface area contributed by atoms with Gasteiger partial charge in [0.1, 0.15) is 5.41 Å². The number of rotatable bonds is 4. The van der Waals surface area contributed by atoms with Crippen LogP contribution in [0.3, 0.4) is 0 Å². The van der Waals surface area contributed by atoms with Crippen LogP contribution in [0.25, 0.3) is 0 Å². The van der Waals surface area contributed by atoms with Crippen molar-refractivity contribution in [2.45, 2.75) is 44.9 Å². The molecule has 0 aromatic heterocycles. The molecule has 0 bridgehead atoms. The lowest BCUT2D eigenvalue weighted by Crippen LogP contribution is -2.44. The van der Waals surface area contributed by atoms with Crippen LogP contribution in [-0.2, 0) is 9.53 Å². The highest BCUT2D eigenvalue weighted by molar-refractivity contribution is 5.85. The quantitative estimate of drug-likeness (QED) is 0.791. The van der Waals surface area contributed by atoms with Crippen molar-refractivity contribution in [1.82, 2.24) is 5.32 Å². The molecule has 0 aromatic carbocycles. The molecule has 0 aromatic rings. The highest BCUT2D eigenvalue weighted by atomic mass is 16.5. The van der Waals surface area contributed by atoms with E-state index in [4.69, 9.17) is 4.74 Å². The van der Waals surface area contributed by atoms with E-state index < -0.39 is 5.41 Å². The van der Waals surface area contributed by atoms with Gasteiger partial charge in [-0.25, -0.2) is 0 Å². The lowest BCUT2D eigenvalue weighted by Gasteiger charge is -2.29. The first-order valence-electron chi connectivity index (χ1n) is 7.22. The molecule has 1 aliphatic carbocycles. The van der Waals surface area contributed by atoms with Crippen molar-refractivity contribution in [3.8, 4) is 6.07 Å². The molecule has 2 aliphatic rings. The molecule has 2 rings (SSSR count). The van der Waals surface area contributed by atoms with Crippen molar-refractivity contribution in [3.05, 3.63) is 11.6 Å². The fraction of sp³-hybridized carbons (Fsp3) is 0.733. The number of allylic oxidation sites excluding steroid dienone is 1. The van der Waals surface area contributed by atoms with Gasteiger partial charge in [0, 0.05) is 19.8 Å². The van der Waals surface area contributed by atoms with E-state index >= 15 is 0 Å². The lowest BCUT2D eigenvalue weighted by molar-refractivity contribution is -0.132. The summed E-state index contributed by atoms with van der Waals surface area (Å²) in [4.78, 5) is 12.2. The predicted octanol–water partition coefficient (Wildman–Crippen LogP) is 2.31. The van der Waals surface area contributed by atoms with Gasteiger partial charge in [-0.1, -0.05) is 11.6 Å². The molecule has 1 aliphatic heterocycles. The molecule has 1 saturated heterocycles. The number of carbonyl (C=O) groups is 1. The zero-order valence-electron chi connectivity index (χ0n) is 11.4. The van der Waals surface area contributed by atoms with E-state index in [1.807, 2.05) is 0 Å². The summed E-state index contributed by atoms with van der Waals surface area (Å²) in [5.41, 5.74) is 0.587. The molecule has 4 heteroatoms. The summed E-state index contributed by atoms with van der Waals surface area (Å²) in [5.74, 6) is -0.116. The summed E-state index contributed by atoms with van der Waals surface area (Å²) in [7, 11) is 0. The van der Waals surface area contributed by atoms with E-state index in [0.717, 1.165) is 12.8 Å². The van der Waals surface area contributed by atoms with Crippen LogP contribution in [0.5, 0.6) is 0 Å². The van der Waals surface area contributed by atoms with Gasteiger partial charge < -0.3 is 10.1 Å². The van der Waals surface area contributed by atoms with E-state index in [0.29, 0.717) is 32.6 Å². The van der Waals surface area contributed by atoms with Crippen LogP contribution in [-0.4, -0.2) is 25.7 Å². The van der Waals surface area contributed by atoms with Gasteiger partial charge in [0.2, 0.25) is 5.91 Å². The molecule has 1 fully saturated rings. The van der Waals surface area contributed by atoms with E-state index in [9.17, 15) is 10.1 Å². The van der Waals surface area contributed by atoms with Crippen molar-refractivity contribution >= 4 is 5.91 Å². The minimum atomic E-state index is -0.862. The van der Waals surface area contributed by atoms with Crippen LogP contribution in [0.4, 0.5) is 0 Å². The highest BCUT2D eigenvalue weighted by Gasteiger charge is 2.40. The van der Waals surface area contributed by atoms with Gasteiger partial charge in [-0.15, -0.1) is 0 Å². The summed E-state index contributed by atoms with van der Waals surface area (Å²) in [6.45, 7) is 1.66. The largest absolute Gasteiger partial charge is 0.381 e. The van der Waals surface area contributed by atoms with Gasteiger partial charge in [0.25, 0.3) is 0 Å². The normalized spacial score (nSPS) is 22.2. The van der Waals surface area contributed by atoms with Gasteiger partial charge in [-0.05, 0) is 44.9 Å². The zero-order valence-corrected chi connectivity index (χ0v) is 11.4. The number of hydrogen-bond acceptors (Lipinski definition) is 3. The first-order valence-corrected chi connectivity index (χ1v) is 7.22. The summed E-state index contributed by atoms with van der Waals surface area (Å²) >= 11 is 0. The van der Waals surface area contributed by atoms with Gasteiger partial charge in [0.05, 0.1) is 6.07 Å². The molecule has 0 saturated carbocycles. The monoisotopic (exact) mass is 262 g/mol. The smallest absolute Gasteiger partial charge is 0.240 e. The molecular weight excluding hydrogens is 240 g/mol. The standard InChI is InChI=1S/C15H22N2O2/c16-12-15(7-10-19-11-8-15)14(18)17-9-6-13-4-2-1-3-5-13/h4H,1-3,5-11H2,(H,17,18). The highest BCUT2D eigenvalue weighted by Crippen LogP contribution is 2.30. The maximum absolute atomic E-state index is 12.2. The van der Waals surface area contributed by atoms with E-state index in [2.05, 4.69) is 17.5 Å². The SMILES string of the molecule is N#CC1(C(=O)NCCC2=CCCCC2)CCOCC1. The Labute approximate surface area is 114 Å².